The van der Waals surface area contributed by atoms with Gasteiger partial charge in [-0.2, -0.15) is 0 Å². The van der Waals surface area contributed by atoms with Crippen molar-refractivity contribution < 1.29 is 19.6 Å². The number of hydrogen-bond acceptors (Lipinski definition) is 4. The van der Waals surface area contributed by atoms with Gasteiger partial charge in [0.25, 0.3) is 0 Å². The van der Waals surface area contributed by atoms with Crippen molar-refractivity contribution in [3.05, 3.63) is 29.3 Å². The third-order valence-corrected chi connectivity index (χ3v) is 2.54. The molecule has 17 heavy (non-hydrogen) atoms. The lowest BCUT2D eigenvalue weighted by Crippen LogP contribution is -2.32. The van der Waals surface area contributed by atoms with Gasteiger partial charge in [-0.15, -0.1) is 0 Å². The van der Waals surface area contributed by atoms with Gasteiger partial charge in [-0.05, 0) is 28.6 Å². The molecule has 0 spiro atoms. The molecule has 0 saturated carbocycles. The highest BCUT2D eigenvalue weighted by Crippen LogP contribution is 2.22. The Morgan fingerprint density at radius 3 is 2.24 bits per heavy atom. The fourth-order valence-corrected chi connectivity index (χ4v) is 1.47. The maximum atomic E-state index is 11.5. The van der Waals surface area contributed by atoms with Crippen LogP contribution in [0.15, 0.2) is 18.2 Å². The summed E-state index contributed by atoms with van der Waals surface area (Å²) in [6, 6.07) is 4.81. The standard InChI is InChI=1S/C12H17BO4/c1-12(2,3)9-5-8(11(14)17-4)6-10(7-9)13(15)16/h5-7,15-16H,1-4H3. The average molecular weight is 236 g/mol. The van der Waals surface area contributed by atoms with E-state index in [4.69, 9.17) is 0 Å². The van der Waals surface area contributed by atoms with Crippen LogP contribution in [0.4, 0.5) is 0 Å². The van der Waals surface area contributed by atoms with Gasteiger partial charge in [0.05, 0.1) is 12.7 Å². The molecule has 0 bridgehead atoms. The number of ether oxygens (including phenoxy) is 1. The first-order chi connectivity index (χ1) is 7.75. The summed E-state index contributed by atoms with van der Waals surface area (Å²) in [4.78, 5) is 11.5. The second-order valence-electron chi connectivity index (χ2n) is 4.96. The molecule has 1 aromatic carbocycles. The van der Waals surface area contributed by atoms with Crippen LogP contribution in [-0.4, -0.2) is 30.2 Å². The lowest BCUT2D eigenvalue weighted by molar-refractivity contribution is 0.0600. The SMILES string of the molecule is COC(=O)c1cc(B(O)O)cc(C(C)(C)C)c1. The van der Waals surface area contributed by atoms with E-state index in [-0.39, 0.29) is 10.9 Å². The summed E-state index contributed by atoms with van der Waals surface area (Å²) in [7, 11) is -0.304. The van der Waals surface area contributed by atoms with Crippen molar-refractivity contribution in [2.75, 3.05) is 7.11 Å². The molecule has 2 N–H and O–H groups in total. The number of benzene rings is 1. The summed E-state index contributed by atoms with van der Waals surface area (Å²) >= 11 is 0. The fraction of sp³-hybridized carbons (Fsp3) is 0.417. The first-order valence-corrected chi connectivity index (χ1v) is 5.35. The summed E-state index contributed by atoms with van der Waals surface area (Å²) in [5, 5.41) is 18.4. The molecule has 0 unspecified atom stereocenters. The van der Waals surface area contributed by atoms with Crippen LogP contribution in [0.2, 0.25) is 0 Å². The molecule has 1 aromatic rings. The maximum Gasteiger partial charge on any atom is 0.488 e. The molecule has 0 aliphatic rings. The lowest BCUT2D eigenvalue weighted by Gasteiger charge is -2.20. The van der Waals surface area contributed by atoms with Crippen LogP contribution in [0, 0.1) is 0 Å². The van der Waals surface area contributed by atoms with Gasteiger partial charge >= 0.3 is 13.1 Å². The molecular weight excluding hydrogens is 219 g/mol. The molecule has 0 aliphatic carbocycles. The molecule has 4 nitrogen and oxygen atoms in total. The Balaban J connectivity index is 3.34. The van der Waals surface area contributed by atoms with Gasteiger partial charge in [-0.25, -0.2) is 4.79 Å². The molecular formula is C12H17BO4. The van der Waals surface area contributed by atoms with Crippen LogP contribution in [-0.2, 0) is 10.2 Å². The van der Waals surface area contributed by atoms with Crippen LogP contribution >= 0.6 is 0 Å². The van der Waals surface area contributed by atoms with Crippen molar-refractivity contribution in [1.29, 1.82) is 0 Å². The largest absolute Gasteiger partial charge is 0.488 e. The quantitative estimate of drug-likeness (QED) is 0.578. The summed E-state index contributed by atoms with van der Waals surface area (Å²) in [6.45, 7) is 5.95. The van der Waals surface area contributed by atoms with Crippen molar-refractivity contribution in [3.63, 3.8) is 0 Å². The molecule has 92 valence electrons. The Bertz CT molecular complexity index is 421. The van der Waals surface area contributed by atoms with Crippen molar-refractivity contribution >= 4 is 18.6 Å². The number of rotatable bonds is 2. The number of esters is 1. The molecule has 0 atom stereocenters. The monoisotopic (exact) mass is 236 g/mol. The number of methoxy groups -OCH3 is 1. The van der Waals surface area contributed by atoms with Crippen molar-refractivity contribution in [2.24, 2.45) is 0 Å². The second-order valence-corrected chi connectivity index (χ2v) is 4.96. The van der Waals surface area contributed by atoms with E-state index in [1.165, 1.54) is 13.2 Å². The highest BCUT2D eigenvalue weighted by molar-refractivity contribution is 6.58. The third kappa shape index (κ3) is 3.31. The first kappa shape index (κ1) is 13.7. The van der Waals surface area contributed by atoms with E-state index in [9.17, 15) is 14.8 Å². The predicted molar refractivity (Wildman–Crippen MR) is 66.3 cm³/mol. The van der Waals surface area contributed by atoms with Gasteiger partial charge < -0.3 is 14.8 Å². The minimum Gasteiger partial charge on any atom is -0.465 e. The van der Waals surface area contributed by atoms with E-state index in [1.54, 1.807) is 12.1 Å². The molecule has 0 aliphatic heterocycles. The minimum absolute atomic E-state index is 0.187. The topological polar surface area (TPSA) is 66.8 Å². The van der Waals surface area contributed by atoms with E-state index in [0.717, 1.165) is 5.56 Å². The molecule has 0 heterocycles. The van der Waals surface area contributed by atoms with Gasteiger partial charge in [0, 0.05) is 0 Å². The summed E-state index contributed by atoms with van der Waals surface area (Å²) < 4.78 is 4.64. The van der Waals surface area contributed by atoms with Crippen LogP contribution in [0.1, 0.15) is 36.7 Å². The van der Waals surface area contributed by atoms with E-state index in [0.29, 0.717) is 5.56 Å². The van der Waals surface area contributed by atoms with E-state index in [1.807, 2.05) is 20.8 Å². The molecule has 0 radical (unpaired) electrons. The summed E-state index contributed by atoms with van der Waals surface area (Å²) in [5.41, 5.74) is 1.28. The maximum absolute atomic E-state index is 11.5. The Morgan fingerprint density at radius 1 is 1.24 bits per heavy atom. The van der Waals surface area contributed by atoms with E-state index < -0.39 is 13.1 Å². The zero-order valence-electron chi connectivity index (χ0n) is 10.5. The Labute approximate surface area is 101 Å². The van der Waals surface area contributed by atoms with Gasteiger partial charge in [0.2, 0.25) is 0 Å². The molecule has 0 aromatic heterocycles. The summed E-state index contributed by atoms with van der Waals surface area (Å²) in [5.74, 6) is -0.488. The normalized spacial score (nSPS) is 11.2. The van der Waals surface area contributed by atoms with Gasteiger partial charge in [-0.3, -0.25) is 0 Å². The molecule has 1 rings (SSSR count). The van der Waals surface area contributed by atoms with Gasteiger partial charge in [0.15, 0.2) is 0 Å². The van der Waals surface area contributed by atoms with Gasteiger partial charge in [0.1, 0.15) is 0 Å². The van der Waals surface area contributed by atoms with E-state index in [2.05, 4.69) is 4.74 Å². The highest BCUT2D eigenvalue weighted by atomic mass is 16.5. The number of carbonyl (C=O) groups excluding carboxylic acids is 1. The second kappa shape index (κ2) is 4.90. The van der Waals surface area contributed by atoms with E-state index >= 15 is 0 Å². The van der Waals surface area contributed by atoms with Crippen LogP contribution in [0.5, 0.6) is 0 Å². The molecule has 5 heteroatoms. The molecule has 0 saturated heterocycles. The Hall–Kier alpha value is -1.33. The van der Waals surface area contributed by atoms with Crippen LogP contribution in [0.3, 0.4) is 0 Å². The fourth-order valence-electron chi connectivity index (χ4n) is 1.47. The number of carbonyl (C=O) groups is 1. The average Bonchev–Trinajstić information content (AvgIpc) is 2.26. The predicted octanol–water partition coefficient (Wildman–Crippen LogP) is 0.450. The number of hydrogen-bond donors (Lipinski definition) is 2. The van der Waals surface area contributed by atoms with Gasteiger partial charge in [-0.1, -0.05) is 26.8 Å². The zero-order chi connectivity index (χ0) is 13.2. The van der Waals surface area contributed by atoms with Crippen LogP contribution in [0.25, 0.3) is 0 Å². The Kier molecular flexibility index (Phi) is 3.96. The van der Waals surface area contributed by atoms with Crippen molar-refractivity contribution in [2.45, 2.75) is 26.2 Å². The first-order valence-electron chi connectivity index (χ1n) is 5.35. The van der Waals surface area contributed by atoms with Crippen molar-refractivity contribution in [3.8, 4) is 0 Å². The zero-order valence-corrected chi connectivity index (χ0v) is 10.5. The summed E-state index contributed by atoms with van der Waals surface area (Å²) in [6.07, 6.45) is 0. The smallest absolute Gasteiger partial charge is 0.465 e. The minimum atomic E-state index is -1.60. The van der Waals surface area contributed by atoms with Crippen LogP contribution < -0.4 is 5.46 Å². The third-order valence-electron chi connectivity index (χ3n) is 2.54. The molecule has 0 amide bonds. The van der Waals surface area contributed by atoms with Crippen molar-refractivity contribution in [1.82, 2.24) is 0 Å². The Morgan fingerprint density at radius 2 is 1.82 bits per heavy atom. The highest BCUT2D eigenvalue weighted by Gasteiger charge is 2.21. The lowest BCUT2D eigenvalue weighted by atomic mass is 9.75. The molecule has 0 fully saturated rings.